The van der Waals surface area contributed by atoms with Gasteiger partial charge in [-0.2, -0.15) is 0 Å². The molecule has 0 saturated carbocycles. The Morgan fingerprint density at radius 2 is 0.828 bits per heavy atom. The van der Waals surface area contributed by atoms with Gasteiger partial charge in [-0.05, 0) is 66.1 Å². The highest BCUT2D eigenvalue weighted by atomic mass is 16.6. The van der Waals surface area contributed by atoms with Crippen LogP contribution in [0.1, 0.15) is 11.1 Å². The molecule has 0 aromatic heterocycles. The third-order valence-corrected chi connectivity index (χ3v) is 4.38. The van der Waals surface area contributed by atoms with E-state index in [0.717, 1.165) is 29.3 Å². The Morgan fingerprint density at radius 3 is 1.21 bits per heavy atom. The fourth-order valence-corrected chi connectivity index (χ4v) is 2.83. The predicted molar refractivity (Wildman–Crippen MR) is 117 cm³/mol. The molecule has 0 unspecified atom stereocenters. The molecule has 29 heavy (non-hydrogen) atoms. The molecule has 0 amide bonds. The SMILES string of the molecule is c1ccc(NOc2ccc(Cc3ccc(ONc4ccccc4)cc3)cc2)cc1. The Labute approximate surface area is 170 Å². The van der Waals surface area contributed by atoms with Crippen molar-refractivity contribution >= 4 is 11.4 Å². The topological polar surface area (TPSA) is 42.5 Å². The van der Waals surface area contributed by atoms with Crippen LogP contribution < -0.4 is 20.6 Å². The Balaban J connectivity index is 1.28. The minimum Gasteiger partial charge on any atom is -0.382 e. The van der Waals surface area contributed by atoms with Crippen molar-refractivity contribution in [3.63, 3.8) is 0 Å². The van der Waals surface area contributed by atoms with Gasteiger partial charge in [0, 0.05) is 0 Å². The molecule has 0 radical (unpaired) electrons. The number of hydrogen-bond acceptors (Lipinski definition) is 4. The second kappa shape index (κ2) is 9.33. The van der Waals surface area contributed by atoms with Crippen LogP contribution in [0.2, 0.25) is 0 Å². The Morgan fingerprint density at radius 1 is 0.448 bits per heavy atom. The maximum absolute atomic E-state index is 5.60. The molecule has 0 saturated heterocycles. The highest BCUT2D eigenvalue weighted by Crippen LogP contribution is 2.19. The molecule has 2 N–H and O–H groups in total. The van der Waals surface area contributed by atoms with E-state index in [2.05, 4.69) is 35.2 Å². The van der Waals surface area contributed by atoms with E-state index in [1.807, 2.05) is 84.9 Å². The Kier molecular flexibility index (Phi) is 5.93. The van der Waals surface area contributed by atoms with Gasteiger partial charge in [-0.3, -0.25) is 0 Å². The number of benzene rings is 4. The number of hydrogen-bond donors (Lipinski definition) is 2. The number of para-hydroxylation sites is 2. The van der Waals surface area contributed by atoms with Gasteiger partial charge in [0.05, 0.1) is 11.4 Å². The second-order valence-electron chi connectivity index (χ2n) is 6.60. The summed E-state index contributed by atoms with van der Waals surface area (Å²) in [6.45, 7) is 0. The van der Waals surface area contributed by atoms with Gasteiger partial charge in [0.2, 0.25) is 0 Å². The number of anilines is 2. The zero-order valence-corrected chi connectivity index (χ0v) is 15.9. The molecular weight excluding hydrogens is 360 g/mol. The van der Waals surface area contributed by atoms with Gasteiger partial charge in [-0.1, -0.05) is 60.7 Å². The van der Waals surface area contributed by atoms with Gasteiger partial charge in [0.15, 0.2) is 11.5 Å². The average molecular weight is 382 g/mol. The largest absolute Gasteiger partial charge is 0.382 e. The molecule has 4 nitrogen and oxygen atoms in total. The van der Waals surface area contributed by atoms with Crippen molar-refractivity contribution in [1.29, 1.82) is 0 Å². The summed E-state index contributed by atoms with van der Waals surface area (Å²) in [5.41, 5.74) is 10.1. The summed E-state index contributed by atoms with van der Waals surface area (Å²) < 4.78 is 0. The molecule has 4 aromatic carbocycles. The molecule has 0 bridgehead atoms. The molecule has 0 spiro atoms. The average Bonchev–Trinajstić information content (AvgIpc) is 2.80. The van der Waals surface area contributed by atoms with Crippen molar-refractivity contribution in [2.75, 3.05) is 11.0 Å². The molecule has 0 aliphatic rings. The molecule has 144 valence electrons. The molecule has 0 fully saturated rings. The number of rotatable bonds is 8. The van der Waals surface area contributed by atoms with E-state index in [1.54, 1.807) is 0 Å². The Bertz CT molecular complexity index is 917. The summed E-state index contributed by atoms with van der Waals surface area (Å²) >= 11 is 0. The van der Waals surface area contributed by atoms with E-state index in [-0.39, 0.29) is 0 Å². The number of nitrogens with one attached hydrogen (secondary N) is 2. The van der Waals surface area contributed by atoms with E-state index < -0.39 is 0 Å². The van der Waals surface area contributed by atoms with Gasteiger partial charge in [-0.15, -0.1) is 0 Å². The normalized spacial score (nSPS) is 10.2. The van der Waals surface area contributed by atoms with Crippen LogP contribution in [0.5, 0.6) is 11.5 Å². The van der Waals surface area contributed by atoms with Crippen molar-refractivity contribution in [3.8, 4) is 11.5 Å². The zero-order valence-electron chi connectivity index (χ0n) is 15.9. The lowest BCUT2D eigenvalue weighted by atomic mass is 10.0. The van der Waals surface area contributed by atoms with Crippen molar-refractivity contribution < 1.29 is 9.68 Å². The smallest absolute Gasteiger partial charge is 0.155 e. The van der Waals surface area contributed by atoms with Crippen LogP contribution in [0, 0.1) is 0 Å². The lowest BCUT2D eigenvalue weighted by Gasteiger charge is -2.10. The van der Waals surface area contributed by atoms with Gasteiger partial charge in [0.1, 0.15) is 0 Å². The van der Waals surface area contributed by atoms with Crippen LogP contribution >= 0.6 is 0 Å². The first kappa shape index (κ1) is 18.4. The van der Waals surface area contributed by atoms with Crippen LogP contribution in [0.25, 0.3) is 0 Å². The van der Waals surface area contributed by atoms with Crippen LogP contribution in [-0.4, -0.2) is 0 Å². The molecule has 0 aliphatic heterocycles. The summed E-state index contributed by atoms with van der Waals surface area (Å²) in [6.07, 6.45) is 0.846. The highest BCUT2D eigenvalue weighted by Gasteiger charge is 2.01. The summed E-state index contributed by atoms with van der Waals surface area (Å²) in [5, 5.41) is 0. The lowest BCUT2D eigenvalue weighted by Crippen LogP contribution is -2.04. The molecule has 4 heteroatoms. The maximum Gasteiger partial charge on any atom is 0.155 e. The van der Waals surface area contributed by atoms with Crippen molar-refractivity contribution in [1.82, 2.24) is 0 Å². The van der Waals surface area contributed by atoms with Crippen LogP contribution in [0.4, 0.5) is 11.4 Å². The Hall–Kier alpha value is -3.92. The molecule has 0 aliphatic carbocycles. The first-order valence-electron chi connectivity index (χ1n) is 9.49. The van der Waals surface area contributed by atoms with Crippen LogP contribution in [0.3, 0.4) is 0 Å². The highest BCUT2D eigenvalue weighted by molar-refractivity contribution is 5.43. The first-order valence-corrected chi connectivity index (χ1v) is 9.49. The molecule has 0 atom stereocenters. The summed E-state index contributed by atoms with van der Waals surface area (Å²) in [4.78, 5) is 11.2. The van der Waals surface area contributed by atoms with Gasteiger partial charge >= 0.3 is 0 Å². The van der Waals surface area contributed by atoms with Crippen molar-refractivity contribution in [3.05, 3.63) is 120 Å². The molecule has 4 aromatic rings. The summed E-state index contributed by atoms with van der Waals surface area (Å²) in [7, 11) is 0. The van der Waals surface area contributed by atoms with E-state index in [1.165, 1.54) is 11.1 Å². The molecule has 4 rings (SSSR count). The van der Waals surface area contributed by atoms with Gasteiger partial charge in [-0.25, -0.2) is 11.0 Å². The standard InChI is InChI=1S/C25H22N2O2/c1-3-7-22(8-4-1)26-28-24-15-11-20(12-16-24)19-21-13-17-25(18-14-21)29-27-23-9-5-2-6-10-23/h1-18,26-27H,19H2. The van der Waals surface area contributed by atoms with Crippen molar-refractivity contribution in [2.24, 2.45) is 0 Å². The molecule has 0 heterocycles. The third kappa shape index (κ3) is 5.53. The van der Waals surface area contributed by atoms with Crippen LogP contribution in [0.15, 0.2) is 109 Å². The monoisotopic (exact) mass is 382 g/mol. The zero-order chi connectivity index (χ0) is 19.7. The summed E-state index contributed by atoms with van der Waals surface area (Å²) in [6, 6.07) is 35.8. The predicted octanol–water partition coefficient (Wildman–Crippen LogP) is 6.09. The van der Waals surface area contributed by atoms with Gasteiger partial charge in [0.25, 0.3) is 0 Å². The van der Waals surface area contributed by atoms with E-state index in [9.17, 15) is 0 Å². The fourth-order valence-electron chi connectivity index (χ4n) is 2.83. The van der Waals surface area contributed by atoms with Gasteiger partial charge < -0.3 is 9.68 Å². The lowest BCUT2D eigenvalue weighted by molar-refractivity contribution is 0.405. The quantitative estimate of drug-likeness (QED) is 0.362. The first-order chi connectivity index (χ1) is 14.3. The second-order valence-corrected chi connectivity index (χ2v) is 6.60. The van der Waals surface area contributed by atoms with Crippen molar-refractivity contribution in [2.45, 2.75) is 6.42 Å². The van der Waals surface area contributed by atoms with E-state index in [4.69, 9.17) is 9.68 Å². The maximum atomic E-state index is 5.60. The van der Waals surface area contributed by atoms with E-state index in [0.29, 0.717) is 0 Å². The minimum atomic E-state index is 0.772. The summed E-state index contributed by atoms with van der Waals surface area (Å²) in [5.74, 6) is 1.54. The third-order valence-electron chi connectivity index (χ3n) is 4.38. The molecular formula is C25H22N2O2. The van der Waals surface area contributed by atoms with E-state index >= 15 is 0 Å². The fraction of sp³-hybridized carbons (Fsp3) is 0.0400. The van der Waals surface area contributed by atoms with Crippen LogP contribution in [-0.2, 0) is 6.42 Å². The minimum absolute atomic E-state index is 0.772.